The number of methoxy groups -OCH3 is 1. The van der Waals surface area contributed by atoms with Crippen LogP contribution in [0.15, 0.2) is 30.1 Å². The number of nitriles is 1. The number of H-pyrrole nitrogens is 1. The number of fused-ring (bicyclic) bond motifs is 2. The quantitative estimate of drug-likeness (QED) is 0.603. The summed E-state index contributed by atoms with van der Waals surface area (Å²) >= 11 is 1.09. The number of aromatic amines is 1. The van der Waals surface area contributed by atoms with Crippen LogP contribution in [-0.2, 0) is 0 Å². The Balaban J connectivity index is 1.31. The minimum Gasteiger partial charge on any atom is -0.466 e. The number of carbonyl (C=O) groups excluding carboxylic acids is 1. The molecule has 0 spiro atoms. The summed E-state index contributed by atoms with van der Waals surface area (Å²) in [6.07, 6.45) is 6.57. The maximum absolute atomic E-state index is 12.6. The molecule has 2 atom stereocenters. The Hall–Kier alpha value is -3.65. The van der Waals surface area contributed by atoms with Crippen LogP contribution in [0.25, 0.3) is 11.0 Å². The van der Waals surface area contributed by atoms with Gasteiger partial charge in [0.15, 0.2) is 0 Å². The summed E-state index contributed by atoms with van der Waals surface area (Å²) in [4.78, 5) is 28.1. The van der Waals surface area contributed by atoms with Crippen molar-refractivity contribution in [3.8, 4) is 12.1 Å². The minimum absolute atomic E-state index is 0.158. The third-order valence-corrected chi connectivity index (χ3v) is 6.50. The van der Waals surface area contributed by atoms with Gasteiger partial charge in [0.1, 0.15) is 11.7 Å². The van der Waals surface area contributed by atoms with Gasteiger partial charge < -0.3 is 19.5 Å². The van der Waals surface area contributed by atoms with Crippen LogP contribution in [0.2, 0.25) is 0 Å². The van der Waals surface area contributed by atoms with Gasteiger partial charge in [0.05, 0.1) is 18.4 Å². The van der Waals surface area contributed by atoms with E-state index in [1.165, 1.54) is 12.7 Å². The van der Waals surface area contributed by atoms with Gasteiger partial charge in [0.2, 0.25) is 5.13 Å². The second kappa shape index (κ2) is 7.55. The van der Waals surface area contributed by atoms with Crippen molar-refractivity contribution in [3.63, 3.8) is 0 Å². The molecule has 0 aromatic carbocycles. The number of rotatable bonds is 4. The number of hydrogen-bond donors (Lipinski definition) is 2. The van der Waals surface area contributed by atoms with E-state index in [1.54, 1.807) is 11.1 Å². The third-order valence-electron chi connectivity index (χ3n) is 5.89. The van der Waals surface area contributed by atoms with Crippen molar-refractivity contribution in [3.05, 3.63) is 35.7 Å². The topological polar surface area (TPSA) is 123 Å². The molecule has 1 saturated heterocycles. The predicted octanol–water partition coefficient (Wildman–Crippen LogP) is 2.59. The number of amides is 2. The molecule has 2 unspecified atom stereocenters. The number of nitrogens with zero attached hydrogens (tertiary/aromatic N) is 6. The van der Waals surface area contributed by atoms with E-state index in [2.05, 4.69) is 41.7 Å². The average molecular weight is 437 g/mol. The van der Waals surface area contributed by atoms with Crippen molar-refractivity contribution in [2.75, 3.05) is 37.5 Å². The summed E-state index contributed by atoms with van der Waals surface area (Å²) in [5, 5.41) is 13.7. The third kappa shape index (κ3) is 3.34. The van der Waals surface area contributed by atoms with Crippen LogP contribution >= 0.6 is 11.5 Å². The molecule has 0 radical (unpaired) electrons. The highest BCUT2D eigenvalue weighted by atomic mass is 32.1. The Bertz CT molecular complexity index is 1230. The van der Waals surface area contributed by atoms with E-state index in [1.807, 2.05) is 19.3 Å². The number of likely N-dealkylation sites (tertiary alicyclic amines) is 1. The van der Waals surface area contributed by atoms with Gasteiger partial charge in [0.25, 0.3) is 0 Å². The molecule has 0 bridgehead atoms. The number of carbonyl (C=O) groups is 1. The normalized spacial score (nSPS) is 19.8. The van der Waals surface area contributed by atoms with Gasteiger partial charge in [-0.2, -0.15) is 10.2 Å². The molecule has 1 fully saturated rings. The molecule has 158 valence electrons. The first-order valence-corrected chi connectivity index (χ1v) is 10.6. The molecule has 2 aliphatic rings. The highest BCUT2D eigenvalue weighted by Crippen LogP contribution is 2.38. The van der Waals surface area contributed by atoms with Crippen LogP contribution in [0.1, 0.15) is 12.0 Å². The molecule has 3 aromatic heterocycles. The molecule has 1 aliphatic carbocycles. The highest BCUT2D eigenvalue weighted by molar-refractivity contribution is 7.10. The van der Waals surface area contributed by atoms with Crippen molar-refractivity contribution in [1.29, 1.82) is 5.26 Å². The number of likely N-dealkylation sites (N-methyl/N-ethyl adjacent to an activating group) is 1. The van der Waals surface area contributed by atoms with E-state index < -0.39 is 0 Å². The smallest absolute Gasteiger partial charge is 0.329 e. The second-order valence-corrected chi connectivity index (χ2v) is 8.37. The zero-order valence-corrected chi connectivity index (χ0v) is 17.8. The summed E-state index contributed by atoms with van der Waals surface area (Å²) < 4.78 is 8.94. The Kier molecular flexibility index (Phi) is 4.71. The largest absolute Gasteiger partial charge is 0.466 e. The van der Waals surface area contributed by atoms with E-state index in [9.17, 15) is 10.1 Å². The molecule has 10 nitrogen and oxygen atoms in total. The maximum Gasteiger partial charge on any atom is 0.329 e. The number of ether oxygens (including phenoxy) is 1. The van der Waals surface area contributed by atoms with Crippen LogP contribution < -0.4 is 15.0 Å². The van der Waals surface area contributed by atoms with Crippen LogP contribution in [0.4, 0.5) is 15.6 Å². The number of urea groups is 1. The molecular formula is C20H20N8O2S. The summed E-state index contributed by atoms with van der Waals surface area (Å²) in [5.74, 6) is 0.302. The van der Waals surface area contributed by atoms with Gasteiger partial charge in [-0.15, -0.1) is 4.37 Å². The fraction of sp³-hybridized carbons (Fsp3) is 0.350. The maximum atomic E-state index is 12.6. The zero-order chi connectivity index (χ0) is 21.5. The van der Waals surface area contributed by atoms with Crippen molar-refractivity contribution in [1.82, 2.24) is 24.2 Å². The molecule has 4 heterocycles. The Morgan fingerprint density at radius 2 is 2.39 bits per heavy atom. The summed E-state index contributed by atoms with van der Waals surface area (Å²) in [5.41, 5.74) is 3.46. The lowest BCUT2D eigenvalue weighted by Crippen LogP contribution is -2.35. The zero-order valence-electron chi connectivity index (χ0n) is 17.0. The number of nitrogens with one attached hydrogen (secondary N) is 2. The van der Waals surface area contributed by atoms with Crippen LogP contribution in [0.5, 0.6) is 6.01 Å². The fourth-order valence-electron chi connectivity index (χ4n) is 4.38. The standard InChI is InChI=1S/C20H20N8O2S/c1-27(16-13(7-21)8-23-17-15(16)3-4-22-17)14-5-11-9-28(10-12(11)6-14)20(29)25-19-24-18(30-2)26-31-19/h3-5,8,12,14H,6,9-10H2,1-2H3,(H,22,23)(H,24,25,26,29). The van der Waals surface area contributed by atoms with Gasteiger partial charge >= 0.3 is 12.0 Å². The summed E-state index contributed by atoms with van der Waals surface area (Å²) in [7, 11) is 3.50. The average Bonchev–Trinajstić information content (AvgIpc) is 3.54. The van der Waals surface area contributed by atoms with Gasteiger partial charge in [-0.1, -0.05) is 6.08 Å². The number of hydrogen-bond acceptors (Lipinski definition) is 8. The SMILES string of the molecule is COc1nsc(NC(=O)N2CC3=CC(N(C)c4c(C#N)cnc5[nH]ccc45)CC3C2)n1. The molecule has 31 heavy (non-hydrogen) atoms. The molecule has 5 rings (SSSR count). The van der Waals surface area contributed by atoms with Crippen molar-refractivity contribution in [2.24, 2.45) is 5.92 Å². The highest BCUT2D eigenvalue weighted by Gasteiger charge is 2.38. The van der Waals surface area contributed by atoms with E-state index in [4.69, 9.17) is 4.74 Å². The lowest BCUT2D eigenvalue weighted by molar-refractivity contribution is 0.220. The molecule has 3 aromatic rings. The van der Waals surface area contributed by atoms with E-state index in [0.717, 1.165) is 34.7 Å². The van der Waals surface area contributed by atoms with Crippen molar-refractivity contribution < 1.29 is 9.53 Å². The van der Waals surface area contributed by atoms with Crippen molar-refractivity contribution in [2.45, 2.75) is 12.5 Å². The lowest BCUT2D eigenvalue weighted by atomic mass is 10.0. The van der Waals surface area contributed by atoms with Gasteiger partial charge in [0, 0.05) is 61.4 Å². The first-order chi connectivity index (χ1) is 15.1. The molecular weight excluding hydrogens is 416 g/mol. The molecule has 1 aliphatic heterocycles. The predicted molar refractivity (Wildman–Crippen MR) is 116 cm³/mol. The van der Waals surface area contributed by atoms with Crippen molar-refractivity contribution >= 4 is 39.4 Å². The Morgan fingerprint density at radius 1 is 1.52 bits per heavy atom. The second-order valence-electron chi connectivity index (χ2n) is 7.62. The molecule has 2 amide bonds. The fourth-order valence-corrected chi connectivity index (χ4v) is 4.91. The van der Waals surface area contributed by atoms with Crippen LogP contribution in [0.3, 0.4) is 0 Å². The van der Waals surface area contributed by atoms with E-state index >= 15 is 0 Å². The summed E-state index contributed by atoms with van der Waals surface area (Å²) in [6.45, 7) is 1.23. The first kappa shape index (κ1) is 19.3. The Labute approximate surface area is 182 Å². The summed E-state index contributed by atoms with van der Waals surface area (Å²) in [6, 6.07) is 4.43. The van der Waals surface area contributed by atoms with E-state index in [-0.39, 0.29) is 18.1 Å². The number of anilines is 2. The Morgan fingerprint density at radius 3 is 3.13 bits per heavy atom. The van der Waals surface area contributed by atoms with E-state index in [0.29, 0.717) is 29.7 Å². The van der Waals surface area contributed by atoms with Gasteiger partial charge in [-0.3, -0.25) is 5.32 Å². The minimum atomic E-state index is -0.186. The molecule has 2 N–H and O–H groups in total. The molecule has 0 saturated carbocycles. The van der Waals surface area contributed by atoms with Gasteiger partial charge in [-0.05, 0) is 18.1 Å². The monoisotopic (exact) mass is 436 g/mol. The van der Waals surface area contributed by atoms with Crippen LogP contribution in [-0.4, -0.2) is 63.5 Å². The van der Waals surface area contributed by atoms with Gasteiger partial charge in [-0.25, -0.2) is 9.78 Å². The molecule has 11 heteroatoms. The number of pyridine rings is 1. The lowest BCUT2D eigenvalue weighted by Gasteiger charge is -2.28. The first-order valence-electron chi connectivity index (χ1n) is 9.80. The number of aromatic nitrogens is 4. The van der Waals surface area contributed by atoms with Crippen LogP contribution in [0, 0.1) is 17.2 Å².